The highest BCUT2D eigenvalue weighted by Crippen LogP contribution is 2.32. The molecule has 0 spiro atoms. The van der Waals surface area contributed by atoms with E-state index in [9.17, 15) is 8.78 Å². The van der Waals surface area contributed by atoms with Gasteiger partial charge in [-0.05, 0) is 11.6 Å². The summed E-state index contributed by atoms with van der Waals surface area (Å²) in [5.74, 6) is -2.51. The molecule has 1 atom stereocenters. The van der Waals surface area contributed by atoms with Crippen LogP contribution < -0.4 is 0 Å². The molecule has 0 radical (unpaired) electrons. The van der Waals surface area contributed by atoms with Crippen LogP contribution in [0.4, 0.5) is 8.78 Å². The topological polar surface area (TPSA) is 20.2 Å². The summed E-state index contributed by atoms with van der Waals surface area (Å²) in [5, 5.41) is 8.95. The highest BCUT2D eigenvalue weighted by atomic mass is 32.2. The first kappa shape index (κ1) is 11.5. The van der Waals surface area contributed by atoms with Gasteiger partial charge >= 0.3 is 0 Å². The third-order valence-corrected chi connectivity index (χ3v) is 2.74. The molecule has 1 unspecified atom stereocenters. The average molecular weight is 218 g/mol. The smallest absolute Gasteiger partial charge is 0.288 e. The van der Waals surface area contributed by atoms with Crippen LogP contribution in [0.3, 0.4) is 0 Å². The lowest BCUT2D eigenvalue weighted by Crippen LogP contribution is -2.01. The standard InChI is InChI=1S/C10H12F2OS/c1-7(6-13)8-4-2-3-5-9(8)14-10(11)12/h2-5,7,10,13H,6H2,1H3. The Morgan fingerprint density at radius 1 is 1.36 bits per heavy atom. The maximum Gasteiger partial charge on any atom is 0.288 e. The van der Waals surface area contributed by atoms with Crippen LogP contribution in [-0.4, -0.2) is 17.5 Å². The third-order valence-electron chi connectivity index (χ3n) is 1.94. The summed E-state index contributed by atoms with van der Waals surface area (Å²) in [6, 6.07) is 6.93. The van der Waals surface area contributed by atoms with Crippen LogP contribution in [0.1, 0.15) is 18.4 Å². The van der Waals surface area contributed by atoms with E-state index in [2.05, 4.69) is 0 Å². The van der Waals surface area contributed by atoms with E-state index in [0.717, 1.165) is 5.56 Å². The minimum absolute atomic E-state index is 0.0270. The molecule has 0 aliphatic rings. The Hall–Kier alpha value is -0.610. The maximum absolute atomic E-state index is 12.2. The zero-order valence-corrected chi connectivity index (χ0v) is 8.60. The summed E-state index contributed by atoms with van der Waals surface area (Å²) in [4.78, 5) is 0.545. The third kappa shape index (κ3) is 2.96. The molecule has 0 bridgehead atoms. The van der Waals surface area contributed by atoms with Gasteiger partial charge in [0, 0.05) is 17.4 Å². The van der Waals surface area contributed by atoms with Gasteiger partial charge in [-0.3, -0.25) is 0 Å². The van der Waals surface area contributed by atoms with Crippen LogP contribution in [0.5, 0.6) is 0 Å². The maximum atomic E-state index is 12.2. The van der Waals surface area contributed by atoms with Crippen molar-refractivity contribution in [3.63, 3.8) is 0 Å². The van der Waals surface area contributed by atoms with Gasteiger partial charge in [0.1, 0.15) is 0 Å². The number of thioether (sulfide) groups is 1. The molecule has 0 aromatic heterocycles. The highest BCUT2D eigenvalue weighted by molar-refractivity contribution is 7.99. The number of alkyl halides is 2. The number of rotatable bonds is 4. The Morgan fingerprint density at radius 2 is 2.00 bits per heavy atom. The van der Waals surface area contributed by atoms with Crippen molar-refractivity contribution in [3.05, 3.63) is 29.8 Å². The Balaban J connectivity index is 2.91. The van der Waals surface area contributed by atoms with Gasteiger partial charge in [0.15, 0.2) is 0 Å². The second-order valence-corrected chi connectivity index (χ2v) is 4.03. The van der Waals surface area contributed by atoms with Gasteiger partial charge in [0.25, 0.3) is 5.76 Å². The highest BCUT2D eigenvalue weighted by Gasteiger charge is 2.13. The molecule has 78 valence electrons. The number of benzene rings is 1. The Bertz CT molecular complexity index is 291. The lowest BCUT2D eigenvalue weighted by atomic mass is 10.0. The lowest BCUT2D eigenvalue weighted by molar-refractivity contribution is 0.251. The van der Waals surface area contributed by atoms with Crippen molar-refractivity contribution < 1.29 is 13.9 Å². The molecule has 1 aromatic rings. The first-order valence-corrected chi connectivity index (χ1v) is 5.17. The summed E-state index contributed by atoms with van der Waals surface area (Å²) in [7, 11) is 0. The summed E-state index contributed by atoms with van der Waals surface area (Å²) >= 11 is 0.524. The molecule has 0 aliphatic heterocycles. The monoisotopic (exact) mass is 218 g/mol. The number of aliphatic hydroxyl groups is 1. The van der Waals surface area contributed by atoms with Crippen molar-refractivity contribution >= 4 is 11.8 Å². The minimum atomic E-state index is -2.41. The van der Waals surface area contributed by atoms with Gasteiger partial charge < -0.3 is 5.11 Å². The number of hydrogen-bond donors (Lipinski definition) is 1. The van der Waals surface area contributed by atoms with Crippen LogP contribution in [0.25, 0.3) is 0 Å². The molecule has 0 fully saturated rings. The molecule has 14 heavy (non-hydrogen) atoms. The summed E-state index contributed by atoms with van der Waals surface area (Å²) < 4.78 is 24.3. The van der Waals surface area contributed by atoms with Gasteiger partial charge in [-0.1, -0.05) is 36.9 Å². The van der Waals surface area contributed by atoms with Crippen LogP contribution in [-0.2, 0) is 0 Å². The molecule has 1 N–H and O–H groups in total. The molecule has 4 heteroatoms. The molecule has 0 saturated carbocycles. The van der Waals surface area contributed by atoms with Crippen molar-refractivity contribution in [3.8, 4) is 0 Å². The van der Waals surface area contributed by atoms with Gasteiger partial charge in [0.05, 0.1) is 0 Å². The summed E-state index contributed by atoms with van der Waals surface area (Å²) in [6.07, 6.45) is 0. The zero-order valence-electron chi connectivity index (χ0n) is 7.78. The molecule has 0 amide bonds. The second-order valence-electron chi connectivity index (χ2n) is 3.00. The number of aliphatic hydroxyl groups excluding tert-OH is 1. The van der Waals surface area contributed by atoms with Gasteiger partial charge in [-0.15, -0.1) is 0 Å². The van der Waals surface area contributed by atoms with Crippen LogP contribution in [0.15, 0.2) is 29.2 Å². The van der Waals surface area contributed by atoms with Crippen LogP contribution >= 0.6 is 11.8 Å². The molecular formula is C10H12F2OS. The van der Waals surface area contributed by atoms with Gasteiger partial charge in [0.2, 0.25) is 0 Å². The summed E-state index contributed by atoms with van der Waals surface area (Å²) in [6.45, 7) is 1.78. The van der Waals surface area contributed by atoms with E-state index in [-0.39, 0.29) is 12.5 Å². The fraction of sp³-hybridized carbons (Fsp3) is 0.400. The Kier molecular flexibility index (Phi) is 4.35. The first-order chi connectivity index (χ1) is 6.65. The summed E-state index contributed by atoms with van der Waals surface area (Å²) in [5.41, 5.74) is 0.778. The fourth-order valence-electron chi connectivity index (χ4n) is 1.19. The molecule has 0 aliphatic carbocycles. The lowest BCUT2D eigenvalue weighted by Gasteiger charge is -2.13. The molecule has 1 nitrogen and oxygen atoms in total. The normalized spacial score (nSPS) is 13.2. The van der Waals surface area contributed by atoms with E-state index in [0.29, 0.717) is 16.7 Å². The fourth-order valence-corrected chi connectivity index (χ4v) is 1.94. The largest absolute Gasteiger partial charge is 0.396 e. The van der Waals surface area contributed by atoms with Crippen molar-refractivity contribution in [1.29, 1.82) is 0 Å². The van der Waals surface area contributed by atoms with Gasteiger partial charge in [-0.25, -0.2) is 0 Å². The predicted octanol–water partition coefficient (Wildman–Crippen LogP) is 3.10. The van der Waals surface area contributed by atoms with E-state index in [1.165, 1.54) is 0 Å². The quantitative estimate of drug-likeness (QED) is 0.784. The Labute approximate surface area is 86.1 Å². The number of hydrogen-bond acceptors (Lipinski definition) is 2. The number of halogens is 2. The minimum Gasteiger partial charge on any atom is -0.396 e. The van der Waals surface area contributed by atoms with Crippen LogP contribution in [0.2, 0.25) is 0 Å². The van der Waals surface area contributed by atoms with E-state index in [1.54, 1.807) is 24.3 Å². The average Bonchev–Trinajstić information content (AvgIpc) is 2.16. The van der Waals surface area contributed by atoms with Crippen molar-refractivity contribution in [2.75, 3.05) is 6.61 Å². The van der Waals surface area contributed by atoms with E-state index in [4.69, 9.17) is 5.11 Å². The predicted molar refractivity (Wildman–Crippen MR) is 53.8 cm³/mol. The van der Waals surface area contributed by atoms with Crippen molar-refractivity contribution in [1.82, 2.24) is 0 Å². The van der Waals surface area contributed by atoms with Crippen LogP contribution in [0, 0.1) is 0 Å². The Morgan fingerprint density at radius 3 is 2.57 bits per heavy atom. The zero-order chi connectivity index (χ0) is 10.6. The molecule has 0 saturated heterocycles. The molecular weight excluding hydrogens is 206 g/mol. The second kappa shape index (κ2) is 5.32. The molecule has 1 rings (SSSR count). The first-order valence-electron chi connectivity index (χ1n) is 4.29. The SMILES string of the molecule is CC(CO)c1ccccc1SC(F)F. The molecule has 1 aromatic carbocycles. The van der Waals surface area contributed by atoms with Crippen molar-refractivity contribution in [2.45, 2.75) is 23.5 Å². The van der Waals surface area contributed by atoms with E-state index < -0.39 is 5.76 Å². The van der Waals surface area contributed by atoms with E-state index >= 15 is 0 Å². The van der Waals surface area contributed by atoms with Gasteiger partial charge in [-0.2, -0.15) is 8.78 Å². The van der Waals surface area contributed by atoms with Crippen molar-refractivity contribution in [2.24, 2.45) is 0 Å². The van der Waals surface area contributed by atoms with E-state index in [1.807, 2.05) is 6.92 Å². The molecule has 0 heterocycles.